The van der Waals surface area contributed by atoms with Gasteiger partial charge in [0.05, 0.1) is 6.61 Å². The number of hydrogen-bond acceptors (Lipinski definition) is 3. The highest BCUT2D eigenvalue weighted by Crippen LogP contribution is 2.11. The van der Waals surface area contributed by atoms with Crippen LogP contribution in [-0.2, 0) is 4.79 Å². The van der Waals surface area contributed by atoms with Crippen molar-refractivity contribution in [1.82, 2.24) is 10.9 Å². The smallest absolute Gasteiger partial charge is 0.269 e. The molecule has 0 aliphatic rings. The maximum atomic E-state index is 11.7. The average Bonchev–Trinajstić information content (AvgIpc) is 2.37. The van der Waals surface area contributed by atoms with Crippen LogP contribution in [-0.4, -0.2) is 18.4 Å². The molecule has 2 amide bonds. The van der Waals surface area contributed by atoms with Gasteiger partial charge in [0.15, 0.2) is 0 Å². The molecule has 0 aliphatic heterocycles. The minimum absolute atomic E-state index is 0.197. The molecular weight excluding hydrogens is 232 g/mol. The van der Waals surface area contributed by atoms with Gasteiger partial charge in [0.2, 0.25) is 5.91 Å². The van der Waals surface area contributed by atoms with Crippen molar-refractivity contribution in [2.75, 3.05) is 6.61 Å². The van der Waals surface area contributed by atoms with Crippen molar-refractivity contribution >= 4 is 11.8 Å². The predicted molar refractivity (Wildman–Crippen MR) is 68.1 cm³/mol. The maximum absolute atomic E-state index is 11.7. The molecular formula is C13H18N2O3. The summed E-state index contributed by atoms with van der Waals surface area (Å²) in [5.41, 5.74) is 5.18. The second-order valence-corrected chi connectivity index (χ2v) is 3.71. The Morgan fingerprint density at radius 1 is 1.11 bits per heavy atom. The van der Waals surface area contributed by atoms with Crippen molar-refractivity contribution < 1.29 is 14.3 Å². The zero-order chi connectivity index (χ0) is 13.4. The van der Waals surface area contributed by atoms with Crippen LogP contribution in [0, 0.1) is 0 Å². The van der Waals surface area contributed by atoms with Crippen LogP contribution < -0.4 is 15.6 Å². The van der Waals surface area contributed by atoms with Crippen LogP contribution in [0.3, 0.4) is 0 Å². The Labute approximate surface area is 106 Å². The molecule has 0 bridgehead atoms. The number of benzene rings is 1. The third-order valence-corrected chi connectivity index (χ3v) is 2.22. The summed E-state index contributed by atoms with van der Waals surface area (Å²) < 4.78 is 5.27. The van der Waals surface area contributed by atoms with Crippen LogP contribution in [0.4, 0.5) is 0 Å². The lowest BCUT2D eigenvalue weighted by Crippen LogP contribution is -2.41. The van der Waals surface area contributed by atoms with E-state index < -0.39 is 0 Å². The molecule has 0 unspecified atom stereocenters. The summed E-state index contributed by atoms with van der Waals surface area (Å²) in [6, 6.07) is 6.72. The number of carbonyl (C=O) groups excluding carboxylic acids is 2. The Morgan fingerprint density at radius 2 is 1.78 bits per heavy atom. The Bertz CT molecular complexity index is 401. The third-order valence-electron chi connectivity index (χ3n) is 2.22. The van der Waals surface area contributed by atoms with Crippen LogP contribution in [0.25, 0.3) is 0 Å². The van der Waals surface area contributed by atoms with Gasteiger partial charge >= 0.3 is 0 Å². The van der Waals surface area contributed by atoms with E-state index in [1.807, 2.05) is 13.8 Å². The quantitative estimate of drug-likeness (QED) is 0.781. The van der Waals surface area contributed by atoms with Crippen LogP contribution in [0.1, 0.15) is 37.0 Å². The first kappa shape index (κ1) is 14.0. The Morgan fingerprint density at radius 3 is 2.33 bits per heavy atom. The summed E-state index contributed by atoms with van der Waals surface area (Å²) in [5.74, 6) is 0.170. The van der Waals surface area contributed by atoms with E-state index in [-0.39, 0.29) is 11.8 Å². The fourth-order valence-corrected chi connectivity index (χ4v) is 1.36. The van der Waals surface area contributed by atoms with E-state index in [0.717, 1.165) is 6.42 Å². The summed E-state index contributed by atoms with van der Waals surface area (Å²) in [6.07, 6.45) is 1.13. The molecule has 1 aromatic rings. The van der Waals surface area contributed by atoms with Crippen LogP contribution >= 0.6 is 0 Å². The fraction of sp³-hybridized carbons (Fsp3) is 0.385. The van der Waals surface area contributed by atoms with Gasteiger partial charge in [-0.1, -0.05) is 6.92 Å². The topological polar surface area (TPSA) is 67.4 Å². The van der Waals surface area contributed by atoms with E-state index in [1.54, 1.807) is 24.3 Å². The van der Waals surface area contributed by atoms with Gasteiger partial charge in [-0.05, 0) is 37.6 Å². The van der Waals surface area contributed by atoms with Crippen molar-refractivity contribution in [3.05, 3.63) is 29.8 Å². The SMILES string of the molecule is CCCC(=O)NNC(=O)c1ccc(OCC)cc1. The van der Waals surface area contributed by atoms with Gasteiger partial charge in [-0.15, -0.1) is 0 Å². The predicted octanol–water partition coefficient (Wildman–Crippen LogP) is 1.65. The number of amides is 2. The molecule has 1 aromatic carbocycles. The van der Waals surface area contributed by atoms with E-state index >= 15 is 0 Å². The molecule has 98 valence electrons. The fourth-order valence-electron chi connectivity index (χ4n) is 1.36. The molecule has 5 heteroatoms. The lowest BCUT2D eigenvalue weighted by Gasteiger charge is -2.07. The molecule has 0 aliphatic carbocycles. The average molecular weight is 250 g/mol. The highest BCUT2D eigenvalue weighted by molar-refractivity contribution is 5.95. The molecule has 0 saturated carbocycles. The highest BCUT2D eigenvalue weighted by Gasteiger charge is 2.06. The van der Waals surface area contributed by atoms with Crippen molar-refractivity contribution in [2.24, 2.45) is 0 Å². The minimum atomic E-state index is -0.345. The van der Waals surface area contributed by atoms with Crippen molar-refractivity contribution in [2.45, 2.75) is 26.7 Å². The molecule has 1 rings (SSSR count). The summed E-state index contributed by atoms with van der Waals surface area (Å²) >= 11 is 0. The molecule has 5 nitrogen and oxygen atoms in total. The number of carbonyl (C=O) groups is 2. The molecule has 0 saturated heterocycles. The summed E-state index contributed by atoms with van der Waals surface area (Å²) in [6.45, 7) is 4.37. The first-order valence-corrected chi connectivity index (χ1v) is 5.99. The number of hydrogen-bond donors (Lipinski definition) is 2. The third kappa shape index (κ3) is 4.45. The van der Waals surface area contributed by atoms with Gasteiger partial charge < -0.3 is 4.74 Å². The lowest BCUT2D eigenvalue weighted by molar-refractivity contribution is -0.121. The number of rotatable bonds is 5. The van der Waals surface area contributed by atoms with Crippen LogP contribution in [0.15, 0.2) is 24.3 Å². The second kappa shape index (κ2) is 7.32. The molecule has 0 aromatic heterocycles. The first-order valence-electron chi connectivity index (χ1n) is 5.99. The van der Waals surface area contributed by atoms with Gasteiger partial charge in [-0.25, -0.2) is 0 Å². The number of ether oxygens (including phenoxy) is 1. The van der Waals surface area contributed by atoms with E-state index in [2.05, 4.69) is 10.9 Å². The molecule has 18 heavy (non-hydrogen) atoms. The van der Waals surface area contributed by atoms with Crippen molar-refractivity contribution in [3.8, 4) is 5.75 Å². The van der Waals surface area contributed by atoms with Gasteiger partial charge in [-0.2, -0.15) is 0 Å². The van der Waals surface area contributed by atoms with Crippen LogP contribution in [0.2, 0.25) is 0 Å². The van der Waals surface area contributed by atoms with E-state index in [4.69, 9.17) is 4.74 Å². The zero-order valence-electron chi connectivity index (χ0n) is 10.7. The van der Waals surface area contributed by atoms with Gasteiger partial charge in [0.1, 0.15) is 5.75 Å². The Balaban J connectivity index is 2.48. The largest absolute Gasteiger partial charge is 0.494 e. The zero-order valence-corrected chi connectivity index (χ0v) is 10.7. The van der Waals surface area contributed by atoms with Crippen LogP contribution in [0.5, 0.6) is 5.75 Å². The molecule has 0 heterocycles. The monoisotopic (exact) mass is 250 g/mol. The standard InChI is InChI=1S/C13H18N2O3/c1-3-5-12(16)14-15-13(17)10-6-8-11(9-7-10)18-4-2/h6-9H,3-5H2,1-2H3,(H,14,16)(H,15,17). The molecule has 2 N–H and O–H groups in total. The van der Waals surface area contributed by atoms with E-state index in [0.29, 0.717) is 24.3 Å². The normalized spacial score (nSPS) is 9.67. The van der Waals surface area contributed by atoms with Crippen molar-refractivity contribution in [1.29, 1.82) is 0 Å². The van der Waals surface area contributed by atoms with Gasteiger partial charge in [0, 0.05) is 12.0 Å². The van der Waals surface area contributed by atoms with Gasteiger partial charge in [-0.3, -0.25) is 20.4 Å². The first-order chi connectivity index (χ1) is 8.67. The van der Waals surface area contributed by atoms with Crippen molar-refractivity contribution in [3.63, 3.8) is 0 Å². The molecule has 0 atom stereocenters. The lowest BCUT2D eigenvalue weighted by atomic mass is 10.2. The summed E-state index contributed by atoms with van der Waals surface area (Å²) in [7, 11) is 0. The second-order valence-electron chi connectivity index (χ2n) is 3.71. The van der Waals surface area contributed by atoms with E-state index in [9.17, 15) is 9.59 Å². The Hall–Kier alpha value is -2.04. The Kier molecular flexibility index (Phi) is 5.70. The highest BCUT2D eigenvalue weighted by atomic mass is 16.5. The number of nitrogens with one attached hydrogen (secondary N) is 2. The number of hydrazine groups is 1. The molecule has 0 spiro atoms. The maximum Gasteiger partial charge on any atom is 0.269 e. The minimum Gasteiger partial charge on any atom is -0.494 e. The molecule has 0 radical (unpaired) electrons. The summed E-state index contributed by atoms with van der Waals surface area (Å²) in [5, 5.41) is 0. The summed E-state index contributed by atoms with van der Waals surface area (Å²) in [4.78, 5) is 22.8. The van der Waals surface area contributed by atoms with E-state index in [1.165, 1.54) is 0 Å². The van der Waals surface area contributed by atoms with Gasteiger partial charge in [0.25, 0.3) is 5.91 Å². The molecule has 0 fully saturated rings.